The monoisotopic (exact) mass is 262 g/mol. The fourth-order valence-corrected chi connectivity index (χ4v) is 2.10. The van der Waals surface area contributed by atoms with Crippen molar-refractivity contribution in [1.82, 2.24) is 10.3 Å². The van der Waals surface area contributed by atoms with Gasteiger partial charge in [-0.2, -0.15) is 0 Å². The molecule has 0 spiro atoms. The van der Waals surface area contributed by atoms with Crippen LogP contribution >= 0.6 is 0 Å². The molecule has 0 bridgehead atoms. The number of benzene rings is 1. The molecule has 4 heteroatoms. The molecule has 1 N–H and O–H groups in total. The predicted molar refractivity (Wildman–Crippen MR) is 72.4 cm³/mol. The molecule has 1 aromatic carbocycles. The summed E-state index contributed by atoms with van der Waals surface area (Å²) in [5, 5.41) is 3.42. The van der Waals surface area contributed by atoms with E-state index < -0.39 is 0 Å². The molecule has 0 saturated heterocycles. The van der Waals surface area contributed by atoms with Crippen LogP contribution in [0.2, 0.25) is 0 Å². The zero-order valence-corrected chi connectivity index (χ0v) is 11.5. The highest BCUT2D eigenvalue weighted by Crippen LogP contribution is 2.14. The summed E-state index contributed by atoms with van der Waals surface area (Å²) in [4.78, 5) is 4.21. The van der Waals surface area contributed by atoms with Crippen LogP contribution in [0.3, 0.4) is 0 Å². The molecule has 2 unspecified atom stereocenters. The summed E-state index contributed by atoms with van der Waals surface area (Å²) in [6, 6.07) is 6.92. The van der Waals surface area contributed by atoms with Gasteiger partial charge in [0.05, 0.1) is 12.2 Å². The van der Waals surface area contributed by atoms with Gasteiger partial charge in [-0.1, -0.05) is 12.1 Å². The molecule has 102 valence electrons. The lowest BCUT2D eigenvalue weighted by molar-refractivity contribution is 0.376. The van der Waals surface area contributed by atoms with Crippen LogP contribution in [0, 0.1) is 12.7 Å². The van der Waals surface area contributed by atoms with Crippen LogP contribution in [0.4, 0.5) is 4.39 Å². The number of halogens is 1. The smallest absolute Gasteiger partial charge is 0.211 e. The Morgan fingerprint density at radius 2 is 1.95 bits per heavy atom. The van der Waals surface area contributed by atoms with E-state index in [4.69, 9.17) is 4.42 Å². The van der Waals surface area contributed by atoms with Gasteiger partial charge in [-0.25, -0.2) is 9.37 Å². The molecule has 0 radical (unpaired) electrons. The summed E-state index contributed by atoms with van der Waals surface area (Å²) in [6.07, 6.45) is 2.56. The van der Waals surface area contributed by atoms with Gasteiger partial charge in [-0.3, -0.25) is 0 Å². The molecule has 0 amide bonds. The van der Waals surface area contributed by atoms with Crippen LogP contribution in [0.15, 0.2) is 34.9 Å². The van der Waals surface area contributed by atoms with Crippen molar-refractivity contribution in [3.63, 3.8) is 0 Å². The molecule has 3 nitrogen and oxygen atoms in total. The Morgan fingerprint density at radius 3 is 2.53 bits per heavy atom. The van der Waals surface area contributed by atoms with Crippen LogP contribution in [-0.2, 0) is 6.42 Å². The van der Waals surface area contributed by atoms with Crippen LogP contribution < -0.4 is 5.32 Å². The Bertz CT molecular complexity index is 521. The molecule has 2 rings (SSSR count). The molecule has 1 aromatic heterocycles. The summed E-state index contributed by atoms with van der Waals surface area (Å²) >= 11 is 0. The van der Waals surface area contributed by atoms with Crippen molar-refractivity contribution >= 4 is 0 Å². The first-order valence-corrected chi connectivity index (χ1v) is 6.47. The van der Waals surface area contributed by atoms with Gasteiger partial charge in [0.25, 0.3) is 0 Å². The average Bonchev–Trinajstić information content (AvgIpc) is 2.79. The number of oxazole rings is 1. The zero-order valence-electron chi connectivity index (χ0n) is 11.5. The number of nitrogens with one attached hydrogen (secondary N) is 1. The topological polar surface area (TPSA) is 38.1 Å². The van der Waals surface area contributed by atoms with Crippen molar-refractivity contribution < 1.29 is 8.81 Å². The van der Waals surface area contributed by atoms with Crippen molar-refractivity contribution in [2.75, 3.05) is 0 Å². The average molecular weight is 262 g/mol. The van der Waals surface area contributed by atoms with E-state index in [2.05, 4.69) is 17.2 Å². The molecule has 0 saturated carbocycles. The Balaban J connectivity index is 1.90. The first-order valence-electron chi connectivity index (χ1n) is 6.47. The molecule has 1 heterocycles. The lowest BCUT2D eigenvalue weighted by Gasteiger charge is -2.17. The number of aromatic nitrogens is 1. The Hall–Kier alpha value is -1.68. The molecule has 2 aromatic rings. The molecule has 0 aliphatic rings. The molecule has 19 heavy (non-hydrogen) atoms. The van der Waals surface area contributed by atoms with E-state index in [1.54, 1.807) is 6.20 Å². The van der Waals surface area contributed by atoms with E-state index in [1.807, 2.05) is 26.0 Å². The van der Waals surface area contributed by atoms with Crippen LogP contribution in [-0.4, -0.2) is 11.0 Å². The molecule has 0 aliphatic heterocycles. The van der Waals surface area contributed by atoms with Crippen LogP contribution in [0.5, 0.6) is 0 Å². The van der Waals surface area contributed by atoms with E-state index in [-0.39, 0.29) is 17.9 Å². The van der Waals surface area contributed by atoms with Gasteiger partial charge in [-0.15, -0.1) is 0 Å². The minimum absolute atomic E-state index is 0.0594. The Labute approximate surface area is 112 Å². The van der Waals surface area contributed by atoms with Gasteiger partial charge < -0.3 is 9.73 Å². The van der Waals surface area contributed by atoms with Crippen molar-refractivity contribution in [2.45, 2.75) is 39.3 Å². The third-order valence-corrected chi connectivity index (χ3v) is 3.00. The van der Waals surface area contributed by atoms with Crippen molar-refractivity contribution in [2.24, 2.45) is 0 Å². The second-order valence-electron chi connectivity index (χ2n) is 4.93. The number of nitrogens with zero attached hydrogens (tertiary/aromatic N) is 1. The minimum atomic E-state index is -0.201. The summed E-state index contributed by atoms with van der Waals surface area (Å²) in [7, 11) is 0. The van der Waals surface area contributed by atoms with Crippen LogP contribution in [0.25, 0.3) is 0 Å². The lowest BCUT2D eigenvalue weighted by Crippen LogP contribution is -2.30. The minimum Gasteiger partial charge on any atom is -0.444 e. The fourth-order valence-electron chi connectivity index (χ4n) is 2.10. The van der Waals surface area contributed by atoms with Crippen molar-refractivity contribution in [3.05, 3.63) is 53.5 Å². The summed E-state index contributed by atoms with van der Waals surface area (Å²) in [6.45, 7) is 5.99. The van der Waals surface area contributed by atoms with Gasteiger partial charge in [0.1, 0.15) is 11.6 Å². The van der Waals surface area contributed by atoms with Gasteiger partial charge in [0.15, 0.2) is 0 Å². The first kappa shape index (κ1) is 13.7. The summed E-state index contributed by atoms with van der Waals surface area (Å²) in [5.41, 5.74) is 1.11. The normalized spacial score (nSPS) is 14.3. The quantitative estimate of drug-likeness (QED) is 0.897. The van der Waals surface area contributed by atoms with E-state index in [1.165, 1.54) is 12.1 Å². The Kier molecular flexibility index (Phi) is 4.32. The second-order valence-corrected chi connectivity index (χ2v) is 4.93. The van der Waals surface area contributed by atoms with E-state index in [0.29, 0.717) is 5.89 Å². The number of hydrogen-bond donors (Lipinski definition) is 1. The number of aryl methyl sites for hydroxylation is 1. The lowest BCUT2D eigenvalue weighted by atomic mass is 10.1. The highest BCUT2D eigenvalue weighted by atomic mass is 19.1. The highest BCUT2D eigenvalue weighted by Gasteiger charge is 2.14. The predicted octanol–water partition coefficient (Wildman–Crippen LogP) is 3.40. The first-order chi connectivity index (χ1) is 9.04. The second kappa shape index (κ2) is 5.97. The maximum absolute atomic E-state index is 12.8. The molecule has 0 aliphatic carbocycles. The zero-order chi connectivity index (χ0) is 13.8. The standard InChI is InChI=1S/C15H19FN2O/c1-10(8-13-4-6-14(16)7-5-13)18-12(3)15-17-9-11(2)19-15/h4-7,9-10,12,18H,8H2,1-3H3. The number of hydrogen-bond acceptors (Lipinski definition) is 3. The van der Waals surface area contributed by atoms with Gasteiger partial charge in [0.2, 0.25) is 5.89 Å². The maximum Gasteiger partial charge on any atom is 0.211 e. The number of rotatable bonds is 5. The summed E-state index contributed by atoms with van der Waals surface area (Å²) in [5.74, 6) is 1.31. The van der Waals surface area contributed by atoms with Crippen LogP contribution in [0.1, 0.15) is 37.1 Å². The Morgan fingerprint density at radius 1 is 1.26 bits per heavy atom. The van der Waals surface area contributed by atoms with Crippen molar-refractivity contribution in [1.29, 1.82) is 0 Å². The highest BCUT2D eigenvalue weighted by molar-refractivity contribution is 5.17. The van der Waals surface area contributed by atoms with E-state index in [0.717, 1.165) is 17.7 Å². The van der Waals surface area contributed by atoms with Crippen molar-refractivity contribution in [3.8, 4) is 0 Å². The third kappa shape index (κ3) is 3.89. The molecular weight excluding hydrogens is 243 g/mol. The molecule has 2 atom stereocenters. The van der Waals surface area contributed by atoms with Gasteiger partial charge in [0, 0.05) is 6.04 Å². The van der Waals surface area contributed by atoms with E-state index in [9.17, 15) is 4.39 Å². The van der Waals surface area contributed by atoms with E-state index >= 15 is 0 Å². The fraction of sp³-hybridized carbons (Fsp3) is 0.400. The molecular formula is C15H19FN2O. The van der Waals surface area contributed by atoms with Gasteiger partial charge in [-0.05, 0) is 44.9 Å². The maximum atomic E-state index is 12.8. The SMILES string of the molecule is Cc1cnc(C(C)NC(C)Cc2ccc(F)cc2)o1. The third-order valence-electron chi connectivity index (χ3n) is 3.00. The van der Waals surface area contributed by atoms with Gasteiger partial charge >= 0.3 is 0 Å². The largest absolute Gasteiger partial charge is 0.444 e. The molecule has 0 fully saturated rings. The summed E-state index contributed by atoms with van der Waals surface area (Å²) < 4.78 is 18.3.